The van der Waals surface area contributed by atoms with Gasteiger partial charge in [-0.2, -0.15) is 0 Å². The lowest BCUT2D eigenvalue weighted by Gasteiger charge is -2.42. The molecule has 0 bridgehead atoms. The van der Waals surface area contributed by atoms with Crippen molar-refractivity contribution in [2.75, 3.05) is 45.9 Å². The highest BCUT2D eigenvalue weighted by molar-refractivity contribution is 5.77. The van der Waals surface area contributed by atoms with E-state index in [0.29, 0.717) is 38.9 Å². The molecule has 0 spiro atoms. The third kappa shape index (κ3) is 5.03. The van der Waals surface area contributed by atoms with Crippen molar-refractivity contribution in [1.82, 2.24) is 9.80 Å². The van der Waals surface area contributed by atoms with Crippen LogP contribution in [0.3, 0.4) is 0 Å². The number of carbonyl (C=O) groups excluding carboxylic acids is 1. The fraction of sp³-hybridized carbons (Fsp3) is 0.650. The van der Waals surface area contributed by atoms with Crippen LogP contribution in [0.1, 0.15) is 37.7 Å². The van der Waals surface area contributed by atoms with Crippen LogP contribution >= 0.6 is 0 Å². The molecule has 1 N–H and O–H groups in total. The Bertz CT molecular complexity index is 549. The number of rotatable bonds is 5. The minimum absolute atomic E-state index is 0.199. The zero-order chi connectivity index (χ0) is 17.7. The van der Waals surface area contributed by atoms with Gasteiger partial charge in [0.05, 0.1) is 18.8 Å². The van der Waals surface area contributed by atoms with Crippen molar-refractivity contribution in [3.8, 4) is 0 Å². The van der Waals surface area contributed by atoms with E-state index in [2.05, 4.69) is 24.0 Å². The first-order valence-corrected chi connectivity index (χ1v) is 9.41. The average molecular weight is 346 g/mol. The van der Waals surface area contributed by atoms with E-state index in [1.54, 1.807) is 0 Å². The first-order chi connectivity index (χ1) is 12.1. The topological polar surface area (TPSA) is 53.0 Å². The van der Waals surface area contributed by atoms with Crippen molar-refractivity contribution in [2.45, 2.75) is 37.7 Å². The van der Waals surface area contributed by atoms with Gasteiger partial charge in [0.25, 0.3) is 0 Å². The summed E-state index contributed by atoms with van der Waals surface area (Å²) in [5.41, 5.74) is 0.538. The smallest absolute Gasteiger partial charge is 0.223 e. The zero-order valence-electron chi connectivity index (χ0n) is 15.2. The first kappa shape index (κ1) is 18.4. The maximum absolute atomic E-state index is 12.6. The van der Waals surface area contributed by atoms with Gasteiger partial charge in [-0.25, -0.2) is 0 Å². The monoisotopic (exact) mass is 346 g/mol. The lowest BCUT2D eigenvalue weighted by molar-refractivity contribution is -0.136. The predicted octanol–water partition coefficient (Wildman–Crippen LogP) is 1.87. The Labute approximate surface area is 150 Å². The summed E-state index contributed by atoms with van der Waals surface area (Å²) in [6, 6.07) is 10.2. The third-order valence-corrected chi connectivity index (χ3v) is 5.52. The number of piperidine rings is 1. The van der Waals surface area contributed by atoms with Crippen molar-refractivity contribution in [1.29, 1.82) is 0 Å². The van der Waals surface area contributed by atoms with Crippen LogP contribution in [0.15, 0.2) is 30.3 Å². The molecule has 0 aromatic heterocycles. The summed E-state index contributed by atoms with van der Waals surface area (Å²) in [6.07, 6.45) is 1.86. The second-order valence-corrected chi connectivity index (χ2v) is 7.51. The molecule has 138 valence electrons. The van der Waals surface area contributed by atoms with Gasteiger partial charge in [0.1, 0.15) is 0 Å². The maximum Gasteiger partial charge on any atom is 0.223 e. The molecule has 2 heterocycles. The standard InChI is InChI=1S/C20H30N2O3/c1-17(18-5-3-2-4-6-18)15-19(23)22-9-7-20(24,8-10-22)16-21-11-13-25-14-12-21/h2-6,17,24H,7-16H2,1H3. The van der Waals surface area contributed by atoms with Gasteiger partial charge in [-0.3, -0.25) is 9.69 Å². The van der Waals surface area contributed by atoms with Crippen LogP contribution in [0.25, 0.3) is 0 Å². The van der Waals surface area contributed by atoms with Crippen LogP contribution in [0, 0.1) is 0 Å². The van der Waals surface area contributed by atoms with Crippen molar-refractivity contribution in [2.24, 2.45) is 0 Å². The molecule has 0 saturated carbocycles. The van der Waals surface area contributed by atoms with Gasteiger partial charge in [-0.05, 0) is 24.3 Å². The molecule has 1 amide bonds. The molecule has 25 heavy (non-hydrogen) atoms. The highest BCUT2D eigenvalue weighted by atomic mass is 16.5. The molecule has 2 saturated heterocycles. The highest BCUT2D eigenvalue weighted by Crippen LogP contribution is 2.26. The van der Waals surface area contributed by atoms with E-state index in [0.717, 1.165) is 26.3 Å². The van der Waals surface area contributed by atoms with E-state index in [-0.39, 0.29) is 11.8 Å². The molecular formula is C20H30N2O3. The number of nitrogens with zero attached hydrogens (tertiary/aromatic N) is 2. The van der Waals surface area contributed by atoms with E-state index in [1.165, 1.54) is 5.56 Å². The van der Waals surface area contributed by atoms with E-state index < -0.39 is 5.60 Å². The maximum atomic E-state index is 12.6. The molecule has 2 aliphatic rings. The number of benzene rings is 1. The summed E-state index contributed by atoms with van der Waals surface area (Å²) < 4.78 is 5.37. The van der Waals surface area contributed by atoms with E-state index in [1.807, 2.05) is 23.1 Å². The molecular weight excluding hydrogens is 316 g/mol. The van der Waals surface area contributed by atoms with Crippen LogP contribution in [-0.2, 0) is 9.53 Å². The van der Waals surface area contributed by atoms with Gasteiger partial charge < -0.3 is 14.7 Å². The molecule has 0 aliphatic carbocycles. The Morgan fingerprint density at radius 1 is 1.16 bits per heavy atom. The summed E-state index contributed by atoms with van der Waals surface area (Å²) in [6.45, 7) is 7.38. The van der Waals surface area contributed by atoms with Crippen LogP contribution in [0.5, 0.6) is 0 Å². The molecule has 5 heteroatoms. The minimum Gasteiger partial charge on any atom is -0.388 e. The summed E-state index contributed by atoms with van der Waals surface area (Å²) in [7, 11) is 0. The van der Waals surface area contributed by atoms with Crippen molar-refractivity contribution < 1.29 is 14.6 Å². The Morgan fingerprint density at radius 2 is 1.80 bits per heavy atom. The molecule has 1 aromatic carbocycles. The molecule has 1 atom stereocenters. The Hall–Kier alpha value is -1.43. The Morgan fingerprint density at radius 3 is 2.44 bits per heavy atom. The number of aliphatic hydroxyl groups is 1. The first-order valence-electron chi connectivity index (χ1n) is 9.41. The van der Waals surface area contributed by atoms with Crippen LogP contribution in [0.2, 0.25) is 0 Å². The molecule has 2 aliphatic heterocycles. The predicted molar refractivity (Wildman–Crippen MR) is 97.5 cm³/mol. The molecule has 2 fully saturated rings. The quantitative estimate of drug-likeness (QED) is 0.884. The number of hydrogen-bond acceptors (Lipinski definition) is 4. The van der Waals surface area contributed by atoms with Gasteiger partial charge in [-0.1, -0.05) is 37.3 Å². The molecule has 3 rings (SSSR count). The zero-order valence-corrected chi connectivity index (χ0v) is 15.2. The largest absolute Gasteiger partial charge is 0.388 e. The number of amides is 1. The second-order valence-electron chi connectivity index (χ2n) is 7.51. The van der Waals surface area contributed by atoms with Crippen molar-refractivity contribution in [3.05, 3.63) is 35.9 Å². The molecule has 1 aromatic rings. The van der Waals surface area contributed by atoms with Gasteiger partial charge in [-0.15, -0.1) is 0 Å². The number of likely N-dealkylation sites (tertiary alicyclic amines) is 1. The lowest BCUT2D eigenvalue weighted by Crippen LogP contribution is -2.53. The molecule has 0 radical (unpaired) electrons. The van der Waals surface area contributed by atoms with Gasteiger partial charge in [0, 0.05) is 39.1 Å². The number of β-amino-alcohol motifs (C(OH)–C–C–N with tert-alkyl or cyclic N) is 1. The van der Waals surface area contributed by atoms with E-state index in [9.17, 15) is 9.90 Å². The number of carbonyl (C=O) groups is 1. The van der Waals surface area contributed by atoms with Crippen molar-refractivity contribution in [3.63, 3.8) is 0 Å². The summed E-state index contributed by atoms with van der Waals surface area (Å²) >= 11 is 0. The normalized spacial score (nSPS) is 22.6. The average Bonchev–Trinajstić information content (AvgIpc) is 2.63. The Kier molecular flexibility index (Phi) is 6.10. The van der Waals surface area contributed by atoms with Gasteiger partial charge in [0.2, 0.25) is 5.91 Å². The van der Waals surface area contributed by atoms with E-state index >= 15 is 0 Å². The minimum atomic E-state index is -0.667. The molecule has 5 nitrogen and oxygen atoms in total. The second kappa shape index (κ2) is 8.30. The summed E-state index contributed by atoms with van der Waals surface area (Å²) in [5, 5.41) is 10.9. The fourth-order valence-corrected chi connectivity index (χ4v) is 3.80. The lowest BCUT2D eigenvalue weighted by atomic mass is 9.89. The number of hydrogen-bond donors (Lipinski definition) is 1. The fourth-order valence-electron chi connectivity index (χ4n) is 3.80. The van der Waals surface area contributed by atoms with Crippen LogP contribution in [0.4, 0.5) is 0 Å². The van der Waals surface area contributed by atoms with Gasteiger partial charge >= 0.3 is 0 Å². The van der Waals surface area contributed by atoms with Crippen LogP contribution < -0.4 is 0 Å². The Balaban J connectivity index is 1.47. The summed E-state index contributed by atoms with van der Waals surface area (Å²) in [4.78, 5) is 16.8. The number of morpholine rings is 1. The SMILES string of the molecule is CC(CC(=O)N1CCC(O)(CN2CCOCC2)CC1)c1ccccc1. The van der Waals surface area contributed by atoms with Crippen LogP contribution in [-0.4, -0.2) is 72.4 Å². The summed E-state index contributed by atoms with van der Waals surface area (Å²) in [5.74, 6) is 0.424. The van der Waals surface area contributed by atoms with Gasteiger partial charge in [0.15, 0.2) is 0 Å². The highest BCUT2D eigenvalue weighted by Gasteiger charge is 2.35. The third-order valence-electron chi connectivity index (χ3n) is 5.52. The number of ether oxygens (including phenoxy) is 1. The molecule has 1 unspecified atom stereocenters. The van der Waals surface area contributed by atoms with E-state index in [4.69, 9.17) is 4.74 Å². The van der Waals surface area contributed by atoms with Crippen molar-refractivity contribution >= 4 is 5.91 Å².